The van der Waals surface area contributed by atoms with E-state index in [-0.39, 0.29) is 49.4 Å². The van der Waals surface area contributed by atoms with E-state index in [4.69, 9.17) is 11.5 Å². The summed E-state index contributed by atoms with van der Waals surface area (Å²) in [6, 6.07) is 12.8. The number of aliphatic imine (C=N–C) groups is 1. The van der Waals surface area contributed by atoms with Gasteiger partial charge in [-0.1, -0.05) is 36.8 Å². The maximum atomic E-state index is 12.5. The molecular weight excluding hydrogens is 713 g/mol. The number of anilines is 1. The Morgan fingerprint density at radius 2 is 1.86 bits per heavy atom. The van der Waals surface area contributed by atoms with Crippen molar-refractivity contribution in [2.45, 2.75) is 120 Å². The van der Waals surface area contributed by atoms with Gasteiger partial charge in [0, 0.05) is 43.9 Å². The van der Waals surface area contributed by atoms with E-state index in [2.05, 4.69) is 44.9 Å². The quantitative estimate of drug-likeness (QED) is 0.0492. The van der Waals surface area contributed by atoms with Gasteiger partial charge in [0.2, 0.25) is 0 Å². The van der Waals surface area contributed by atoms with Crippen LogP contribution in [0.3, 0.4) is 0 Å². The van der Waals surface area contributed by atoms with Crippen LogP contribution in [0.15, 0.2) is 65.3 Å². The monoisotopic (exact) mass is 772 g/mol. The Hall–Kier alpha value is -4.56. The summed E-state index contributed by atoms with van der Waals surface area (Å²) in [5.41, 5.74) is 17.0. The van der Waals surface area contributed by atoms with Gasteiger partial charge in [-0.05, 0) is 128 Å². The molecule has 11 N–H and O–H groups in total. The summed E-state index contributed by atoms with van der Waals surface area (Å²) in [4.78, 5) is 43.1. The predicted molar refractivity (Wildman–Crippen MR) is 218 cm³/mol. The van der Waals surface area contributed by atoms with Crippen molar-refractivity contribution in [3.05, 3.63) is 77.0 Å². The summed E-state index contributed by atoms with van der Waals surface area (Å²) in [6.45, 7) is -0.149. The molecule has 3 aromatic rings. The van der Waals surface area contributed by atoms with Crippen molar-refractivity contribution in [2.24, 2.45) is 28.3 Å². The number of aliphatic carboxylic acids is 1. The highest BCUT2D eigenvalue weighted by Gasteiger charge is 2.37. The predicted octanol–water partition coefficient (Wildman–Crippen LogP) is 4.09. The van der Waals surface area contributed by atoms with Crippen LogP contribution in [-0.2, 0) is 27.2 Å². The smallest absolute Gasteiger partial charge is 0.328 e. The van der Waals surface area contributed by atoms with Crippen LogP contribution in [0.2, 0.25) is 0 Å². The van der Waals surface area contributed by atoms with Crippen molar-refractivity contribution >= 4 is 41.1 Å². The van der Waals surface area contributed by atoms with E-state index < -0.39 is 30.2 Å². The van der Waals surface area contributed by atoms with E-state index in [9.17, 15) is 34.8 Å². The Labute approximate surface area is 329 Å². The average Bonchev–Trinajstić information content (AvgIpc) is 3.70. The summed E-state index contributed by atoms with van der Waals surface area (Å²) >= 11 is 0. The Balaban J connectivity index is 1.46. The first-order valence-corrected chi connectivity index (χ1v) is 20.2. The molecule has 1 aliphatic carbocycles. The van der Waals surface area contributed by atoms with Crippen LogP contribution in [0, 0.1) is 11.8 Å². The lowest BCUT2D eigenvalue weighted by atomic mass is 9.69. The van der Waals surface area contributed by atoms with Crippen LogP contribution < -0.4 is 22.1 Å². The Morgan fingerprint density at radius 1 is 1.02 bits per heavy atom. The fourth-order valence-corrected chi connectivity index (χ4v) is 8.78. The van der Waals surface area contributed by atoms with Crippen molar-refractivity contribution < 1.29 is 34.8 Å². The molecule has 1 aliphatic heterocycles. The van der Waals surface area contributed by atoms with Gasteiger partial charge in [0.25, 0.3) is 0 Å². The van der Waals surface area contributed by atoms with Gasteiger partial charge in [-0.3, -0.25) is 0 Å². The van der Waals surface area contributed by atoms with E-state index in [1.807, 2.05) is 24.4 Å². The normalized spacial score (nSPS) is 21.9. The molecule has 8 atom stereocenters. The number of carbonyl (C=O) groups is 3. The number of hydrogen-bond acceptors (Lipinski definition) is 11. The fraction of sp³-hybridized carbons (Fsp3) is 0.535. The third kappa shape index (κ3) is 11.7. The maximum Gasteiger partial charge on any atom is 0.328 e. The third-order valence-corrected chi connectivity index (χ3v) is 11.7. The maximum absolute atomic E-state index is 12.5. The zero-order valence-electron chi connectivity index (χ0n) is 32.2. The number of aryl methyl sites for hydroxylation is 1. The number of aldehydes is 2. The molecule has 0 unspecified atom stereocenters. The average molecular weight is 773 g/mol. The molecule has 2 aromatic carbocycles. The van der Waals surface area contributed by atoms with Crippen molar-refractivity contribution in [3.8, 4) is 0 Å². The Kier molecular flexibility index (Phi) is 16.0. The van der Waals surface area contributed by atoms with Gasteiger partial charge in [-0.25, -0.2) is 9.79 Å². The summed E-state index contributed by atoms with van der Waals surface area (Å²) in [5, 5.41) is 48.7. The number of guanidine groups is 1. The second-order valence-electron chi connectivity index (χ2n) is 15.6. The number of nitrogens with zero attached hydrogens (tertiary/aromatic N) is 1. The zero-order valence-corrected chi connectivity index (χ0v) is 32.2. The number of aromatic amines is 1. The largest absolute Gasteiger partial charge is 0.478 e. The zero-order chi connectivity index (χ0) is 40.0. The van der Waals surface area contributed by atoms with E-state index >= 15 is 0 Å². The number of aromatic nitrogens is 1. The van der Waals surface area contributed by atoms with E-state index in [1.54, 1.807) is 0 Å². The van der Waals surface area contributed by atoms with Gasteiger partial charge >= 0.3 is 5.97 Å². The molecule has 0 radical (unpaired) electrons. The molecule has 0 saturated carbocycles. The first-order valence-electron chi connectivity index (χ1n) is 20.2. The summed E-state index contributed by atoms with van der Waals surface area (Å²) in [5.74, 6) is -0.0955. The lowest BCUT2D eigenvalue weighted by Crippen LogP contribution is -2.52. The van der Waals surface area contributed by atoms with Crippen LogP contribution in [0.25, 0.3) is 10.8 Å². The molecule has 13 nitrogen and oxygen atoms in total. The second-order valence-corrected chi connectivity index (χ2v) is 15.6. The molecule has 2 aliphatic rings. The molecular formula is C43H60N6O7. The number of aliphatic hydroxyl groups is 3. The highest BCUT2D eigenvalue weighted by Crippen LogP contribution is 2.44. The molecule has 304 valence electrons. The van der Waals surface area contributed by atoms with Crippen LogP contribution in [0.4, 0.5) is 5.82 Å². The topological polar surface area (TPSA) is 236 Å². The highest BCUT2D eigenvalue weighted by molar-refractivity contribution is 5.86. The van der Waals surface area contributed by atoms with Gasteiger partial charge in [0.15, 0.2) is 5.96 Å². The molecule has 0 bridgehead atoms. The second kappa shape index (κ2) is 21.1. The number of H-pyrrole nitrogens is 1. The van der Waals surface area contributed by atoms with Crippen molar-refractivity contribution in [1.29, 1.82) is 0 Å². The number of fused-ring (bicyclic) bond motifs is 2. The van der Waals surface area contributed by atoms with Crippen LogP contribution in [0.1, 0.15) is 93.2 Å². The summed E-state index contributed by atoms with van der Waals surface area (Å²) in [6.07, 6.45) is 12.3. The number of aliphatic hydroxyl groups excluding tert-OH is 3. The van der Waals surface area contributed by atoms with Gasteiger partial charge in [0.05, 0.1) is 24.2 Å². The first kappa shape index (κ1) is 42.6. The molecule has 5 rings (SSSR count). The molecule has 0 fully saturated rings. The van der Waals surface area contributed by atoms with Crippen LogP contribution in [0.5, 0.6) is 0 Å². The minimum atomic E-state index is -1.10. The summed E-state index contributed by atoms with van der Waals surface area (Å²) in [7, 11) is 0. The number of nitrogens with two attached hydrogens (primary N) is 2. The SMILES string of the molecule is NC1=N[C@@H]([C@H](O)CCO)C[C@@H](/C(=C\C(=O)O)[C@@H](C[C@H]2CCc3cc4ccc(CC=O)cc4cc3[C@@H]2CCC[C@@H](N)CC[C@H](C=O)CCCO)Nc2ccc[nH]2)N1. The fourth-order valence-electron chi connectivity index (χ4n) is 8.78. The summed E-state index contributed by atoms with van der Waals surface area (Å²) < 4.78 is 0. The Bertz CT molecular complexity index is 1800. The van der Waals surface area contributed by atoms with E-state index in [0.29, 0.717) is 44.1 Å². The molecule has 0 saturated heterocycles. The lowest BCUT2D eigenvalue weighted by molar-refractivity contribution is -0.131. The molecule has 0 amide bonds. The molecule has 56 heavy (non-hydrogen) atoms. The van der Waals surface area contributed by atoms with E-state index in [1.165, 1.54) is 17.2 Å². The van der Waals surface area contributed by atoms with Crippen molar-refractivity contribution in [1.82, 2.24) is 10.3 Å². The van der Waals surface area contributed by atoms with E-state index in [0.717, 1.165) is 73.3 Å². The number of benzene rings is 2. The molecule has 13 heteroatoms. The number of nitrogens with one attached hydrogen (secondary N) is 3. The van der Waals surface area contributed by atoms with Gasteiger partial charge < -0.3 is 57.1 Å². The number of carbonyl (C=O) groups excluding carboxylic acids is 2. The molecule has 2 heterocycles. The number of hydrogen-bond donors (Lipinski definition) is 9. The number of carboxylic acids is 1. The van der Waals surface area contributed by atoms with Crippen molar-refractivity contribution in [3.63, 3.8) is 0 Å². The number of rotatable bonds is 23. The molecule has 1 aromatic heterocycles. The lowest BCUT2D eigenvalue weighted by Gasteiger charge is -2.39. The minimum Gasteiger partial charge on any atom is -0.478 e. The van der Waals surface area contributed by atoms with Gasteiger partial charge in [0.1, 0.15) is 18.4 Å². The van der Waals surface area contributed by atoms with Crippen molar-refractivity contribution in [2.75, 3.05) is 18.5 Å². The third-order valence-electron chi connectivity index (χ3n) is 11.7. The van der Waals surface area contributed by atoms with Gasteiger partial charge in [-0.15, -0.1) is 0 Å². The standard InChI is InChI=1S/C43H60N6O7/c44-33(13-9-28(26-53)4-3-17-50)5-1-6-34-31(12-11-30-21-29-10-8-27(14-18-51)20-32(29)22-35(30)34)23-37(47-41-7-2-16-46-41)36(24-42(55)56)38-25-39(40(54)15-19-52)49-43(45)48-38/h2,7-8,10,16,18,20-22,24,26,28,31,33-34,37-40,46-47,50,52,54H,1,3-6,9,11-15,17,19,23,25,44H2,(H,55,56)(H3,45,48,49)/b36-24-/t28-,31-,33-,34-,37-,38+,39-,40-/m1/s1. The molecule has 0 spiro atoms. The van der Waals surface area contributed by atoms with Crippen LogP contribution >= 0.6 is 0 Å². The number of carboxylic acid groups (broad SMARTS) is 1. The van der Waals surface area contributed by atoms with Gasteiger partial charge in [-0.2, -0.15) is 0 Å². The highest BCUT2D eigenvalue weighted by atomic mass is 16.4. The van der Waals surface area contributed by atoms with Crippen LogP contribution in [-0.4, -0.2) is 93.4 Å². The minimum absolute atomic E-state index is 0.0663. The Morgan fingerprint density at radius 3 is 2.57 bits per heavy atom. The first-order chi connectivity index (χ1) is 27.1.